The smallest absolute Gasteiger partial charge is 0.138 e. The van der Waals surface area contributed by atoms with Crippen LogP contribution in [0.1, 0.15) is 63.2 Å². The van der Waals surface area contributed by atoms with E-state index >= 15 is 0 Å². The molecule has 0 N–H and O–H groups in total. The second-order valence-electron chi connectivity index (χ2n) is 8.01. The number of rotatable bonds is 6. The Hall–Kier alpha value is -1.70. The van der Waals surface area contributed by atoms with Crippen LogP contribution < -0.4 is 0 Å². The fraction of sp³-hybridized carbons (Fsp3) is 0.545. The zero-order chi connectivity index (χ0) is 17.4. The summed E-state index contributed by atoms with van der Waals surface area (Å²) in [4.78, 5) is 0. The second kappa shape index (κ2) is 6.66. The molecule has 3 aromatic rings. The molecular formula is C22H30O2. The second-order valence-corrected chi connectivity index (χ2v) is 8.01. The molecule has 0 bridgehead atoms. The zero-order valence-electron chi connectivity index (χ0n) is 16.0. The number of furan rings is 2. The van der Waals surface area contributed by atoms with Crippen LogP contribution >= 0.6 is 0 Å². The van der Waals surface area contributed by atoms with E-state index in [9.17, 15) is 0 Å². The van der Waals surface area contributed by atoms with E-state index in [1.165, 1.54) is 21.9 Å². The van der Waals surface area contributed by atoms with Crippen molar-refractivity contribution in [2.24, 2.45) is 11.8 Å². The first-order valence-electron chi connectivity index (χ1n) is 9.30. The first-order chi connectivity index (χ1) is 11.4. The molecule has 3 rings (SSSR count). The van der Waals surface area contributed by atoms with Crippen molar-refractivity contribution in [1.29, 1.82) is 0 Å². The Morgan fingerprint density at radius 3 is 1.50 bits per heavy atom. The van der Waals surface area contributed by atoms with Crippen LogP contribution in [0, 0.1) is 25.7 Å². The summed E-state index contributed by atoms with van der Waals surface area (Å²) in [5, 5.41) is 2.47. The Balaban J connectivity index is 2.00. The lowest BCUT2D eigenvalue weighted by Gasteiger charge is -2.02. The molecule has 2 nitrogen and oxygen atoms in total. The molecule has 0 unspecified atom stereocenters. The Bertz CT molecular complexity index is 778. The topological polar surface area (TPSA) is 26.3 Å². The van der Waals surface area contributed by atoms with Gasteiger partial charge in [-0.15, -0.1) is 0 Å². The van der Waals surface area contributed by atoms with E-state index in [1.807, 2.05) is 0 Å². The minimum absolute atomic E-state index is 0.694. The fourth-order valence-corrected chi connectivity index (χ4v) is 3.35. The molecule has 0 atom stereocenters. The third-order valence-electron chi connectivity index (χ3n) is 5.09. The monoisotopic (exact) mass is 326 g/mol. The Kier molecular flexibility index (Phi) is 4.76. The average Bonchev–Trinajstić information content (AvgIpc) is 2.99. The van der Waals surface area contributed by atoms with Crippen LogP contribution in [-0.2, 0) is 12.8 Å². The zero-order valence-corrected chi connectivity index (χ0v) is 16.0. The summed E-state index contributed by atoms with van der Waals surface area (Å²) in [6, 6.07) is 4.35. The number of hydrogen-bond donors (Lipinski definition) is 0. The predicted molar refractivity (Wildman–Crippen MR) is 102 cm³/mol. The van der Waals surface area contributed by atoms with Crippen LogP contribution in [0.3, 0.4) is 0 Å². The summed E-state index contributed by atoms with van der Waals surface area (Å²) in [6.45, 7) is 13.4. The SMILES string of the molecule is Cc1c(CCC(C)C)oc2cc3oc(CCC(C)C)c(C)c3cc12. The van der Waals surface area contributed by atoms with E-state index in [2.05, 4.69) is 53.7 Å². The largest absolute Gasteiger partial charge is 0.461 e. The van der Waals surface area contributed by atoms with Gasteiger partial charge >= 0.3 is 0 Å². The van der Waals surface area contributed by atoms with Gasteiger partial charge in [-0.3, -0.25) is 0 Å². The van der Waals surface area contributed by atoms with E-state index in [4.69, 9.17) is 8.83 Å². The highest BCUT2D eigenvalue weighted by Crippen LogP contribution is 2.34. The highest BCUT2D eigenvalue weighted by atomic mass is 16.3. The molecule has 0 spiro atoms. The minimum atomic E-state index is 0.694. The van der Waals surface area contributed by atoms with Crippen molar-refractivity contribution in [3.05, 3.63) is 34.8 Å². The first kappa shape index (κ1) is 17.1. The van der Waals surface area contributed by atoms with Gasteiger partial charge in [-0.1, -0.05) is 27.7 Å². The molecule has 0 saturated heterocycles. The Morgan fingerprint density at radius 1 is 0.708 bits per heavy atom. The van der Waals surface area contributed by atoms with Gasteiger partial charge in [0.2, 0.25) is 0 Å². The van der Waals surface area contributed by atoms with Gasteiger partial charge in [0.25, 0.3) is 0 Å². The maximum atomic E-state index is 6.14. The fourth-order valence-electron chi connectivity index (χ4n) is 3.35. The van der Waals surface area contributed by atoms with Gasteiger partial charge in [-0.25, -0.2) is 0 Å². The summed E-state index contributed by atoms with van der Waals surface area (Å²) in [7, 11) is 0. The highest BCUT2D eigenvalue weighted by Gasteiger charge is 2.16. The molecular weight excluding hydrogens is 296 g/mol. The van der Waals surface area contributed by atoms with Gasteiger partial charge in [0.15, 0.2) is 0 Å². The molecule has 0 saturated carbocycles. The highest BCUT2D eigenvalue weighted by molar-refractivity contribution is 5.97. The predicted octanol–water partition coefficient (Wildman–Crippen LogP) is 6.97. The normalized spacial score (nSPS) is 12.3. The van der Waals surface area contributed by atoms with Gasteiger partial charge in [0.1, 0.15) is 22.7 Å². The molecule has 1 aromatic carbocycles. The van der Waals surface area contributed by atoms with E-state index in [0.29, 0.717) is 11.8 Å². The molecule has 0 fully saturated rings. The van der Waals surface area contributed by atoms with Crippen molar-refractivity contribution in [3.8, 4) is 0 Å². The summed E-state index contributed by atoms with van der Waals surface area (Å²) in [5.41, 5.74) is 4.50. The number of hydrogen-bond acceptors (Lipinski definition) is 2. The van der Waals surface area contributed by atoms with Gasteiger partial charge in [-0.2, -0.15) is 0 Å². The molecule has 24 heavy (non-hydrogen) atoms. The van der Waals surface area contributed by atoms with Crippen molar-refractivity contribution < 1.29 is 8.83 Å². The molecule has 0 radical (unpaired) electrons. The van der Waals surface area contributed by atoms with E-state index in [1.54, 1.807) is 0 Å². The minimum Gasteiger partial charge on any atom is -0.461 e. The Labute approximate surface area is 145 Å². The van der Waals surface area contributed by atoms with Crippen molar-refractivity contribution in [2.75, 3.05) is 0 Å². The molecule has 2 heteroatoms. The molecule has 2 aromatic heterocycles. The van der Waals surface area contributed by atoms with Crippen molar-refractivity contribution in [3.63, 3.8) is 0 Å². The third-order valence-corrected chi connectivity index (χ3v) is 5.09. The maximum absolute atomic E-state index is 6.14. The van der Waals surface area contributed by atoms with Crippen LogP contribution in [0.4, 0.5) is 0 Å². The quantitative estimate of drug-likeness (QED) is 0.488. The number of benzene rings is 1. The number of fused-ring (bicyclic) bond motifs is 2. The van der Waals surface area contributed by atoms with Crippen molar-refractivity contribution in [1.82, 2.24) is 0 Å². The van der Waals surface area contributed by atoms with Gasteiger partial charge < -0.3 is 8.83 Å². The summed E-state index contributed by atoms with van der Waals surface area (Å²) in [6.07, 6.45) is 4.35. The average molecular weight is 326 g/mol. The lowest BCUT2D eigenvalue weighted by molar-refractivity contribution is 0.491. The number of aryl methyl sites for hydroxylation is 4. The van der Waals surface area contributed by atoms with Crippen LogP contribution in [-0.4, -0.2) is 0 Å². The summed E-state index contributed by atoms with van der Waals surface area (Å²) >= 11 is 0. The standard InChI is InChI=1S/C22H30O2/c1-13(2)7-9-19-15(5)17-11-18-16(6)20(10-8-14(3)4)24-22(18)12-21(17)23-19/h11-14H,7-10H2,1-6H3. The van der Waals surface area contributed by atoms with Crippen molar-refractivity contribution in [2.45, 2.75) is 67.2 Å². The Morgan fingerprint density at radius 2 is 1.12 bits per heavy atom. The lowest BCUT2D eigenvalue weighted by atomic mass is 10.0. The first-order valence-corrected chi connectivity index (χ1v) is 9.30. The van der Waals surface area contributed by atoms with Crippen LogP contribution in [0.2, 0.25) is 0 Å². The third kappa shape index (κ3) is 3.24. The maximum Gasteiger partial charge on any atom is 0.138 e. The van der Waals surface area contributed by atoms with Gasteiger partial charge in [0, 0.05) is 29.7 Å². The van der Waals surface area contributed by atoms with Crippen LogP contribution in [0.25, 0.3) is 21.9 Å². The molecule has 0 aliphatic rings. The van der Waals surface area contributed by atoms with Crippen molar-refractivity contribution >= 4 is 21.9 Å². The molecule has 0 aliphatic heterocycles. The van der Waals surface area contributed by atoms with E-state index in [-0.39, 0.29) is 0 Å². The van der Waals surface area contributed by atoms with E-state index in [0.717, 1.165) is 48.4 Å². The molecule has 0 aliphatic carbocycles. The van der Waals surface area contributed by atoms with Crippen LogP contribution in [0.15, 0.2) is 21.0 Å². The lowest BCUT2D eigenvalue weighted by Crippen LogP contribution is -1.92. The van der Waals surface area contributed by atoms with Gasteiger partial charge in [0.05, 0.1) is 0 Å². The summed E-state index contributed by atoms with van der Waals surface area (Å²) < 4.78 is 12.3. The van der Waals surface area contributed by atoms with E-state index < -0.39 is 0 Å². The van der Waals surface area contributed by atoms with Gasteiger partial charge in [-0.05, 0) is 55.7 Å². The summed E-state index contributed by atoms with van der Waals surface area (Å²) in [5.74, 6) is 3.65. The molecule has 0 amide bonds. The molecule has 2 heterocycles. The molecule has 130 valence electrons. The van der Waals surface area contributed by atoms with Crippen LogP contribution in [0.5, 0.6) is 0 Å².